The highest BCUT2D eigenvalue weighted by Gasteiger charge is 2.05. The first-order valence-corrected chi connectivity index (χ1v) is 6.23. The lowest BCUT2D eigenvalue weighted by atomic mass is 10.1. The van der Waals surface area contributed by atoms with Crippen LogP contribution in [0.5, 0.6) is 5.75 Å². The zero-order valence-corrected chi connectivity index (χ0v) is 11.3. The third-order valence-electron chi connectivity index (χ3n) is 2.09. The van der Waals surface area contributed by atoms with Crippen molar-refractivity contribution in [3.8, 4) is 5.75 Å². The zero-order valence-electron chi connectivity index (χ0n) is 9.74. The molecule has 0 aromatic heterocycles. The van der Waals surface area contributed by atoms with E-state index in [2.05, 4.69) is 15.9 Å². The average molecular weight is 302 g/mol. The molecule has 0 aliphatic rings. The highest BCUT2D eigenvalue weighted by atomic mass is 79.9. The topological polar surface area (TPSA) is 61.5 Å². The molecule has 1 aromatic carbocycles. The van der Waals surface area contributed by atoms with Crippen molar-refractivity contribution >= 4 is 21.9 Å². The summed E-state index contributed by atoms with van der Waals surface area (Å²) in [7, 11) is 0. The van der Waals surface area contributed by atoms with E-state index in [9.17, 15) is 4.79 Å². The molecule has 0 saturated carbocycles. The van der Waals surface area contributed by atoms with Crippen LogP contribution in [0, 0.1) is 0 Å². The van der Waals surface area contributed by atoms with Crippen LogP contribution < -0.4 is 10.5 Å². The zero-order chi connectivity index (χ0) is 12.7. The normalized spacial score (nSPS) is 10.1. The summed E-state index contributed by atoms with van der Waals surface area (Å²) in [5, 5.41) is 0. The van der Waals surface area contributed by atoms with Crippen molar-refractivity contribution in [2.24, 2.45) is 5.73 Å². The van der Waals surface area contributed by atoms with E-state index in [1.54, 1.807) is 13.0 Å². The van der Waals surface area contributed by atoms with Crippen LogP contribution >= 0.6 is 15.9 Å². The lowest BCUT2D eigenvalue weighted by Gasteiger charge is -2.08. The van der Waals surface area contributed by atoms with Gasteiger partial charge in [-0.1, -0.05) is 15.9 Å². The standard InChI is InChI=1S/C12H16BrNO3/c1-2-16-12(15)8-17-10-3-4-11(13)9(7-10)5-6-14/h3-4,7H,2,5-6,8,14H2,1H3. The maximum atomic E-state index is 11.1. The molecule has 1 aromatic rings. The van der Waals surface area contributed by atoms with Crippen molar-refractivity contribution in [1.29, 1.82) is 0 Å². The first kappa shape index (κ1) is 14.0. The summed E-state index contributed by atoms with van der Waals surface area (Å²) in [5.41, 5.74) is 6.57. The second-order valence-corrected chi connectivity index (χ2v) is 4.24. The molecule has 0 aliphatic carbocycles. The summed E-state index contributed by atoms with van der Waals surface area (Å²) < 4.78 is 11.1. The van der Waals surface area contributed by atoms with Crippen LogP contribution in [0.3, 0.4) is 0 Å². The largest absolute Gasteiger partial charge is 0.482 e. The number of benzene rings is 1. The van der Waals surface area contributed by atoms with E-state index in [4.69, 9.17) is 15.2 Å². The highest BCUT2D eigenvalue weighted by molar-refractivity contribution is 9.10. The molecular weight excluding hydrogens is 286 g/mol. The van der Waals surface area contributed by atoms with Crippen molar-refractivity contribution in [3.63, 3.8) is 0 Å². The van der Waals surface area contributed by atoms with Crippen LogP contribution in [0.25, 0.3) is 0 Å². The predicted octanol–water partition coefficient (Wildman–Crippen LogP) is 1.89. The number of hydrogen-bond donors (Lipinski definition) is 1. The molecule has 0 heterocycles. The SMILES string of the molecule is CCOC(=O)COc1ccc(Br)c(CCN)c1. The minimum absolute atomic E-state index is 0.0719. The number of hydrogen-bond acceptors (Lipinski definition) is 4. The van der Waals surface area contributed by atoms with E-state index in [0.717, 1.165) is 16.5 Å². The molecule has 0 radical (unpaired) electrons. The van der Waals surface area contributed by atoms with E-state index >= 15 is 0 Å². The lowest BCUT2D eigenvalue weighted by Crippen LogP contribution is -2.14. The first-order chi connectivity index (χ1) is 8.17. The van der Waals surface area contributed by atoms with Crippen molar-refractivity contribution in [3.05, 3.63) is 28.2 Å². The minimum atomic E-state index is -0.365. The van der Waals surface area contributed by atoms with Crippen molar-refractivity contribution in [1.82, 2.24) is 0 Å². The lowest BCUT2D eigenvalue weighted by molar-refractivity contribution is -0.145. The molecule has 5 heteroatoms. The Labute approximate surface area is 109 Å². The molecule has 4 nitrogen and oxygen atoms in total. The van der Waals surface area contributed by atoms with Crippen LogP contribution in [0.1, 0.15) is 12.5 Å². The monoisotopic (exact) mass is 301 g/mol. The molecule has 0 bridgehead atoms. The Bertz CT molecular complexity index is 382. The quantitative estimate of drug-likeness (QED) is 0.815. The Kier molecular flexibility index (Phi) is 6.00. The maximum absolute atomic E-state index is 11.1. The van der Waals surface area contributed by atoms with Crippen LogP contribution in [-0.2, 0) is 16.0 Å². The van der Waals surface area contributed by atoms with Crippen LogP contribution in [0.15, 0.2) is 22.7 Å². The smallest absolute Gasteiger partial charge is 0.344 e. The number of carbonyl (C=O) groups is 1. The van der Waals surface area contributed by atoms with Crippen molar-refractivity contribution in [2.45, 2.75) is 13.3 Å². The maximum Gasteiger partial charge on any atom is 0.344 e. The van der Waals surface area contributed by atoms with Gasteiger partial charge in [0.1, 0.15) is 5.75 Å². The van der Waals surface area contributed by atoms with E-state index in [-0.39, 0.29) is 12.6 Å². The molecule has 0 aliphatic heterocycles. The van der Waals surface area contributed by atoms with Gasteiger partial charge < -0.3 is 15.2 Å². The van der Waals surface area contributed by atoms with E-state index in [0.29, 0.717) is 18.9 Å². The number of esters is 1. The summed E-state index contributed by atoms with van der Waals surface area (Å²) in [4.78, 5) is 11.1. The fourth-order valence-electron chi connectivity index (χ4n) is 1.33. The molecule has 2 N–H and O–H groups in total. The summed E-state index contributed by atoms with van der Waals surface area (Å²) >= 11 is 3.43. The first-order valence-electron chi connectivity index (χ1n) is 5.44. The van der Waals surface area contributed by atoms with Crippen LogP contribution in [0.4, 0.5) is 0 Å². The Morgan fingerprint density at radius 3 is 2.88 bits per heavy atom. The van der Waals surface area contributed by atoms with E-state index in [1.165, 1.54) is 0 Å². The molecule has 94 valence electrons. The molecule has 1 rings (SSSR count). The van der Waals surface area contributed by atoms with Crippen molar-refractivity contribution in [2.75, 3.05) is 19.8 Å². The Morgan fingerprint density at radius 2 is 2.24 bits per heavy atom. The predicted molar refractivity (Wildman–Crippen MR) is 69.0 cm³/mol. The van der Waals surface area contributed by atoms with Gasteiger partial charge in [0.2, 0.25) is 0 Å². The molecule has 0 fully saturated rings. The molecule has 0 saturated heterocycles. The van der Waals surface area contributed by atoms with Gasteiger partial charge in [-0.2, -0.15) is 0 Å². The third-order valence-corrected chi connectivity index (χ3v) is 2.87. The molecule has 0 atom stereocenters. The third kappa shape index (κ3) is 4.75. The van der Waals surface area contributed by atoms with Crippen molar-refractivity contribution < 1.29 is 14.3 Å². The Morgan fingerprint density at radius 1 is 1.47 bits per heavy atom. The van der Waals surface area contributed by atoms with Gasteiger partial charge in [-0.05, 0) is 43.7 Å². The van der Waals surface area contributed by atoms with Gasteiger partial charge in [-0.25, -0.2) is 4.79 Å². The fourth-order valence-corrected chi connectivity index (χ4v) is 1.78. The van der Waals surface area contributed by atoms with Gasteiger partial charge in [0, 0.05) is 4.47 Å². The number of carbonyl (C=O) groups excluding carboxylic acids is 1. The van der Waals surface area contributed by atoms with Gasteiger partial charge in [-0.3, -0.25) is 0 Å². The summed E-state index contributed by atoms with van der Waals surface area (Å²) in [6.07, 6.45) is 0.761. The van der Waals surface area contributed by atoms with Gasteiger partial charge in [-0.15, -0.1) is 0 Å². The molecule has 0 amide bonds. The molecule has 17 heavy (non-hydrogen) atoms. The van der Waals surface area contributed by atoms with Gasteiger partial charge in [0.15, 0.2) is 6.61 Å². The van der Waals surface area contributed by atoms with E-state index < -0.39 is 0 Å². The number of nitrogens with two attached hydrogens (primary N) is 1. The van der Waals surface area contributed by atoms with E-state index in [1.807, 2.05) is 12.1 Å². The number of rotatable bonds is 6. The molecule has 0 unspecified atom stereocenters. The van der Waals surface area contributed by atoms with Crippen LogP contribution in [-0.4, -0.2) is 25.7 Å². The summed E-state index contributed by atoms with van der Waals surface area (Å²) in [5.74, 6) is 0.278. The highest BCUT2D eigenvalue weighted by Crippen LogP contribution is 2.22. The second kappa shape index (κ2) is 7.29. The Hall–Kier alpha value is -1.07. The second-order valence-electron chi connectivity index (χ2n) is 3.39. The summed E-state index contributed by atoms with van der Waals surface area (Å²) in [6, 6.07) is 5.55. The fraction of sp³-hybridized carbons (Fsp3) is 0.417. The van der Waals surface area contributed by atoms with Gasteiger partial charge in [0.25, 0.3) is 0 Å². The minimum Gasteiger partial charge on any atom is -0.482 e. The number of halogens is 1. The van der Waals surface area contributed by atoms with Crippen LogP contribution in [0.2, 0.25) is 0 Å². The van der Waals surface area contributed by atoms with Gasteiger partial charge in [0.05, 0.1) is 6.61 Å². The molecular formula is C12H16BrNO3. The number of ether oxygens (including phenoxy) is 2. The molecule has 0 spiro atoms. The Balaban J connectivity index is 2.59. The average Bonchev–Trinajstić information content (AvgIpc) is 2.31. The summed E-state index contributed by atoms with van der Waals surface area (Å²) in [6.45, 7) is 2.62. The van der Waals surface area contributed by atoms with Gasteiger partial charge >= 0.3 is 5.97 Å².